The molecule has 6 heteroatoms. The highest BCUT2D eigenvalue weighted by Crippen LogP contribution is 2.13. The normalized spacial score (nSPS) is 9.88. The first-order valence-electron chi connectivity index (χ1n) is 5.21. The van der Waals surface area contributed by atoms with Crippen molar-refractivity contribution in [3.63, 3.8) is 0 Å². The Morgan fingerprint density at radius 1 is 1.35 bits per heavy atom. The van der Waals surface area contributed by atoms with Crippen LogP contribution >= 0.6 is 0 Å². The molecule has 0 saturated heterocycles. The first kappa shape index (κ1) is 13.1. The third-order valence-electron chi connectivity index (χ3n) is 1.88. The molecule has 0 aromatic heterocycles. The number of hydrogen-bond acceptors (Lipinski definition) is 4. The van der Waals surface area contributed by atoms with Gasteiger partial charge in [-0.1, -0.05) is 6.07 Å². The molecule has 1 aromatic carbocycles. The summed E-state index contributed by atoms with van der Waals surface area (Å²) in [6.07, 6.45) is -1.05. The number of carboxylic acid groups (broad SMARTS) is 1. The quantitative estimate of drug-likeness (QED) is 0.487. The number of hydrogen-bond donors (Lipinski definition) is 3. The molecule has 0 unspecified atom stereocenters. The Balaban J connectivity index is 2.03. The van der Waals surface area contributed by atoms with Crippen molar-refractivity contribution >= 4 is 11.8 Å². The number of nitrogen functional groups attached to an aromatic ring is 1. The van der Waals surface area contributed by atoms with Gasteiger partial charge < -0.3 is 25.6 Å². The zero-order valence-corrected chi connectivity index (χ0v) is 9.39. The van der Waals surface area contributed by atoms with Gasteiger partial charge in [-0.05, 0) is 12.1 Å². The molecule has 0 spiro atoms. The zero-order valence-electron chi connectivity index (χ0n) is 9.39. The monoisotopic (exact) mass is 240 g/mol. The third-order valence-corrected chi connectivity index (χ3v) is 1.88. The molecule has 94 valence electrons. The fraction of sp³-hybridized carbons (Fsp3) is 0.364. The summed E-state index contributed by atoms with van der Waals surface area (Å²) in [6, 6.07) is 7.12. The fourth-order valence-electron chi connectivity index (χ4n) is 1.15. The molecule has 0 aliphatic heterocycles. The molecule has 0 bridgehead atoms. The topological polar surface area (TPSA) is 93.8 Å². The predicted molar refractivity (Wildman–Crippen MR) is 63.2 cm³/mol. The average Bonchev–Trinajstić information content (AvgIpc) is 2.27. The summed E-state index contributed by atoms with van der Waals surface area (Å²) in [4.78, 5) is 10.1. The largest absolute Gasteiger partial charge is 0.491 e. The molecule has 1 amide bonds. The average molecular weight is 240 g/mol. The van der Waals surface area contributed by atoms with Crippen molar-refractivity contribution in [2.24, 2.45) is 0 Å². The zero-order chi connectivity index (χ0) is 12.5. The van der Waals surface area contributed by atoms with Crippen molar-refractivity contribution in [1.82, 2.24) is 5.32 Å². The summed E-state index contributed by atoms with van der Waals surface area (Å²) < 4.78 is 10.5. The molecule has 0 heterocycles. The molecule has 17 heavy (non-hydrogen) atoms. The minimum atomic E-state index is -1.05. The van der Waals surface area contributed by atoms with Crippen LogP contribution in [-0.2, 0) is 4.74 Å². The lowest BCUT2D eigenvalue weighted by Gasteiger charge is -2.07. The van der Waals surface area contributed by atoms with Crippen molar-refractivity contribution in [1.29, 1.82) is 0 Å². The molecule has 1 rings (SSSR count). The lowest BCUT2D eigenvalue weighted by atomic mass is 10.3. The van der Waals surface area contributed by atoms with E-state index in [0.717, 1.165) is 0 Å². The van der Waals surface area contributed by atoms with Crippen LogP contribution in [-0.4, -0.2) is 37.6 Å². The first-order chi connectivity index (χ1) is 8.18. The van der Waals surface area contributed by atoms with E-state index in [-0.39, 0.29) is 6.54 Å². The second-order valence-corrected chi connectivity index (χ2v) is 3.27. The molecular formula is C11H16N2O4. The van der Waals surface area contributed by atoms with E-state index in [1.54, 1.807) is 12.1 Å². The molecule has 0 atom stereocenters. The fourth-order valence-corrected chi connectivity index (χ4v) is 1.15. The Bertz CT molecular complexity index is 357. The van der Waals surface area contributed by atoms with Crippen LogP contribution in [0.2, 0.25) is 0 Å². The second kappa shape index (κ2) is 7.34. The molecule has 4 N–H and O–H groups in total. The van der Waals surface area contributed by atoms with Gasteiger partial charge in [0.1, 0.15) is 12.4 Å². The molecule has 6 nitrogen and oxygen atoms in total. The van der Waals surface area contributed by atoms with Crippen LogP contribution in [0.1, 0.15) is 0 Å². The van der Waals surface area contributed by atoms with Crippen LogP contribution in [0.3, 0.4) is 0 Å². The third kappa shape index (κ3) is 6.26. The van der Waals surface area contributed by atoms with Crippen LogP contribution in [0.15, 0.2) is 24.3 Å². The van der Waals surface area contributed by atoms with Gasteiger partial charge in [0, 0.05) is 18.3 Å². The maximum absolute atomic E-state index is 10.1. The maximum atomic E-state index is 10.1. The van der Waals surface area contributed by atoms with Crippen molar-refractivity contribution in [3.05, 3.63) is 24.3 Å². The van der Waals surface area contributed by atoms with E-state index in [2.05, 4.69) is 5.32 Å². The lowest BCUT2D eigenvalue weighted by molar-refractivity contribution is 0.101. The number of anilines is 1. The number of carbonyl (C=O) groups is 1. The second-order valence-electron chi connectivity index (χ2n) is 3.27. The number of ether oxygens (including phenoxy) is 2. The number of rotatable bonds is 7. The summed E-state index contributed by atoms with van der Waals surface area (Å²) in [5, 5.41) is 10.5. The van der Waals surface area contributed by atoms with E-state index in [1.807, 2.05) is 12.1 Å². The van der Waals surface area contributed by atoms with Crippen molar-refractivity contribution in [2.45, 2.75) is 0 Å². The van der Waals surface area contributed by atoms with E-state index in [1.165, 1.54) is 0 Å². The Kier molecular flexibility index (Phi) is 5.67. The van der Waals surface area contributed by atoms with Gasteiger partial charge in [-0.2, -0.15) is 0 Å². The summed E-state index contributed by atoms with van der Waals surface area (Å²) in [7, 11) is 0. The molecule has 0 saturated carbocycles. The Labute approximate surface area is 99.3 Å². The highest BCUT2D eigenvalue weighted by atomic mass is 16.5. The molecule has 0 aliphatic rings. The summed E-state index contributed by atoms with van der Waals surface area (Å²) in [5.74, 6) is 0.692. The van der Waals surface area contributed by atoms with Gasteiger partial charge in [0.15, 0.2) is 0 Å². The SMILES string of the molecule is Nc1cccc(OCCOCCNC(=O)O)c1. The number of nitrogens with two attached hydrogens (primary N) is 1. The smallest absolute Gasteiger partial charge is 0.404 e. The van der Waals surface area contributed by atoms with Crippen LogP contribution in [0, 0.1) is 0 Å². The lowest BCUT2D eigenvalue weighted by Crippen LogP contribution is -2.25. The number of benzene rings is 1. The summed E-state index contributed by atoms with van der Waals surface area (Å²) in [6.45, 7) is 1.40. The highest BCUT2D eigenvalue weighted by Gasteiger charge is 1.95. The van der Waals surface area contributed by atoms with Crippen LogP contribution in [0.5, 0.6) is 5.75 Å². The Morgan fingerprint density at radius 2 is 2.18 bits per heavy atom. The standard InChI is InChI=1S/C11H16N2O4/c12-9-2-1-3-10(8-9)17-7-6-16-5-4-13-11(14)15/h1-3,8,13H,4-7,12H2,(H,14,15). The maximum Gasteiger partial charge on any atom is 0.404 e. The molecule has 0 aliphatic carbocycles. The predicted octanol–water partition coefficient (Wildman–Crippen LogP) is 0.932. The minimum Gasteiger partial charge on any atom is -0.491 e. The number of nitrogens with one attached hydrogen (secondary N) is 1. The van der Waals surface area contributed by atoms with Gasteiger partial charge in [-0.25, -0.2) is 4.79 Å². The van der Waals surface area contributed by atoms with E-state index in [0.29, 0.717) is 31.3 Å². The van der Waals surface area contributed by atoms with Crippen molar-refractivity contribution in [3.8, 4) is 5.75 Å². The first-order valence-corrected chi connectivity index (χ1v) is 5.21. The molecule has 0 radical (unpaired) electrons. The van der Waals surface area contributed by atoms with Crippen LogP contribution in [0.25, 0.3) is 0 Å². The highest BCUT2D eigenvalue weighted by molar-refractivity contribution is 5.64. The van der Waals surface area contributed by atoms with Crippen LogP contribution in [0.4, 0.5) is 10.5 Å². The van der Waals surface area contributed by atoms with E-state index < -0.39 is 6.09 Å². The summed E-state index contributed by atoms with van der Waals surface area (Å²) in [5.41, 5.74) is 6.23. The van der Waals surface area contributed by atoms with Crippen LogP contribution < -0.4 is 15.8 Å². The van der Waals surface area contributed by atoms with Crippen molar-refractivity contribution in [2.75, 3.05) is 32.1 Å². The number of amides is 1. The van der Waals surface area contributed by atoms with Gasteiger partial charge in [-0.3, -0.25) is 0 Å². The minimum absolute atomic E-state index is 0.271. The van der Waals surface area contributed by atoms with Gasteiger partial charge in [0.25, 0.3) is 0 Å². The Hall–Kier alpha value is -1.95. The van der Waals surface area contributed by atoms with Gasteiger partial charge in [0.05, 0.1) is 13.2 Å². The molecule has 1 aromatic rings. The van der Waals surface area contributed by atoms with Gasteiger partial charge >= 0.3 is 6.09 Å². The van der Waals surface area contributed by atoms with Gasteiger partial charge in [0.2, 0.25) is 0 Å². The molecule has 0 fully saturated rings. The van der Waals surface area contributed by atoms with E-state index >= 15 is 0 Å². The Morgan fingerprint density at radius 3 is 2.88 bits per heavy atom. The van der Waals surface area contributed by atoms with Gasteiger partial charge in [-0.15, -0.1) is 0 Å². The molecular weight excluding hydrogens is 224 g/mol. The van der Waals surface area contributed by atoms with E-state index in [9.17, 15) is 4.79 Å². The summed E-state index contributed by atoms with van der Waals surface area (Å²) >= 11 is 0. The van der Waals surface area contributed by atoms with E-state index in [4.69, 9.17) is 20.3 Å². The van der Waals surface area contributed by atoms with Crippen molar-refractivity contribution < 1.29 is 19.4 Å².